The predicted molar refractivity (Wildman–Crippen MR) is 62.0 cm³/mol. The molecule has 5 nitrogen and oxygen atoms in total. The average Bonchev–Trinajstić information content (AvgIpc) is 2.94. The van der Waals surface area contributed by atoms with Crippen molar-refractivity contribution < 1.29 is 4.52 Å². The van der Waals surface area contributed by atoms with E-state index in [9.17, 15) is 0 Å². The highest BCUT2D eigenvalue weighted by Crippen LogP contribution is 2.19. The number of hydrogen-bond acceptors (Lipinski definition) is 6. The van der Waals surface area contributed by atoms with Gasteiger partial charge in [-0.2, -0.15) is 4.98 Å². The first-order valence-electron chi connectivity index (χ1n) is 5.31. The van der Waals surface area contributed by atoms with Gasteiger partial charge in [0.1, 0.15) is 0 Å². The van der Waals surface area contributed by atoms with Crippen molar-refractivity contribution in [1.82, 2.24) is 15.1 Å². The third-order valence-electron chi connectivity index (χ3n) is 2.22. The molecule has 6 heteroatoms. The summed E-state index contributed by atoms with van der Waals surface area (Å²) in [5.41, 5.74) is 7.18. The van der Waals surface area contributed by atoms with Gasteiger partial charge in [0, 0.05) is 12.6 Å². The maximum Gasteiger partial charge on any atom is 0.226 e. The molecule has 0 bridgehead atoms. The molecule has 16 heavy (non-hydrogen) atoms. The summed E-state index contributed by atoms with van der Waals surface area (Å²) in [6.45, 7) is 0.746. The number of nitrogens with zero attached hydrogens (tertiary/aromatic N) is 3. The van der Waals surface area contributed by atoms with E-state index in [0.29, 0.717) is 11.7 Å². The van der Waals surface area contributed by atoms with Crippen molar-refractivity contribution in [2.75, 3.05) is 6.54 Å². The molecule has 0 atom stereocenters. The van der Waals surface area contributed by atoms with Crippen LogP contribution >= 0.6 is 11.3 Å². The molecule has 0 saturated carbocycles. The summed E-state index contributed by atoms with van der Waals surface area (Å²) in [6.07, 6.45) is 5.77. The van der Waals surface area contributed by atoms with Crippen molar-refractivity contribution >= 4 is 11.3 Å². The SMILES string of the molecule is NCCCCCc1nc(-c2cncs2)no1. The highest BCUT2D eigenvalue weighted by atomic mass is 32.1. The zero-order valence-corrected chi connectivity index (χ0v) is 9.74. The zero-order valence-electron chi connectivity index (χ0n) is 8.93. The van der Waals surface area contributed by atoms with Gasteiger partial charge >= 0.3 is 0 Å². The highest BCUT2D eigenvalue weighted by molar-refractivity contribution is 7.13. The lowest BCUT2D eigenvalue weighted by molar-refractivity contribution is 0.374. The Morgan fingerprint density at radius 3 is 3.00 bits per heavy atom. The van der Waals surface area contributed by atoms with E-state index in [1.165, 1.54) is 11.3 Å². The van der Waals surface area contributed by atoms with Crippen LogP contribution in [0.1, 0.15) is 25.2 Å². The van der Waals surface area contributed by atoms with Crippen molar-refractivity contribution in [3.63, 3.8) is 0 Å². The van der Waals surface area contributed by atoms with Crippen LogP contribution in [0, 0.1) is 0 Å². The summed E-state index contributed by atoms with van der Waals surface area (Å²) in [5.74, 6) is 1.33. The van der Waals surface area contributed by atoms with Gasteiger partial charge in [-0.25, -0.2) is 0 Å². The minimum atomic E-state index is 0.635. The van der Waals surface area contributed by atoms with Crippen molar-refractivity contribution in [2.24, 2.45) is 5.73 Å². The molecule has 0 aliphatic rings. The minimum Gasteiger partial charge on any atom is -0.339 e. The molecule has 2 rings (SSSR count). The van der Waals surface area contributed by atoms with Gasteiger partial charge in [0.25, 0.3) is 0 Å². The fourth-order valence-corrected chi connectivity index (χ4v) is 1.93. The number of rotatable bonds is 6. The van der Waals surface area contributed by atoms with Gasteiger partial charge in [0.05, 0.1) is 10.4 Å². The van der Waals surface area contributed by atoms with Gasteiger partial charge in [-0.15, -0.1) is 11.3 Å². The lowest BCUT2D eigenvalue weighted by Gasteiger charge is -1.93. The second-order valence-corrected chi connectivity index (χ2v) is 4.36. The Labute approximate surface area is 97.7 Å². The Kier molecular flexibility index (Phi) is 4.01. The van der Waals surface area contributed by atoms with Gasteiger partial charge < -0.3 is 10.3 Å². The standard InChI is InChI=1S/C10H14N4OS/c11-5-3-1-2-4-9-13-10(14-15-9)8-6-12-7-16-8/h6-7H,1-5,11H2. The Balaban J connectivity index is 1.88. The van der Waals surface area contributed by atoms with Crippen LogP contribution in [0.15, 0.2) is 16.2 Å². The number of thiazole rings is 1. The Hall–Kier alpha value is -1.27. The number of hydrogen-bond donors (Lipinski definition) is 1. The molecule has 0 saturated heterocycles. The molecule has 0 spiro atoms. The summed E-state index contributed by atoms with van der Waals surface area (Å²) in [6, 6.07) is 0. The monoisotopic (exact) mass is 238 g/mol. The maximum atomic E-state index is 5.42. The molecule has 2 aromatic rings. The normalized spacial score (nSPS) is 10.8. The lowest BCUT2D eigenvalue weighted by atomic mass is 10.2. The van der Waals surface area contributed by atoms with E-state index in [0.717, 1.165) is 37.1 Å². The van der Waals surface area contributed by atoms with E-state index < -0.39 is 0 Å². The largest absolute Gasteiger partial charge is 0.339 e. The van der Waals surface area contributed by atoms with Crippen LogP contribution in [0.3, 0.4) is 0 Å². The van der Waals surface area contributed by atoms with Gasteiger partial charge in [-0.3, -0.25) is 4.98 Å². The van der Waals surface area contributed by atoms with E-state index in [-0.39, 0.29) is 0 Å². The first-order chi connectivity index (χ1) is 7.90. The maximum absolute atomic E-state index is 5.42. The van der Waals surface area contributed by atoms with Crippen LogP contribution in [0.2, 0.25) is 0 Å². The molecule has 0 amide bonds. The van der Waals surface area contributed by atoms with Crippen molar-refractivity contribution in [1.29, 1.82) is 0 Å². The van der Waals surface area contributed by atoms with E-state index in [1.54, 1.807) is 11.7 Å². The van der Waals surface area contributed by atoms with Crippen LogP contribution in [-0.2, 0) is 6.42 Å². The van der Waals surface area contributed by atoms with Gasteiger partial charge in [-0.1, -0.05) is 11.6 Å². The molecule has 0 fully saturated rings. The molecular weight excluding hydrogens is 224 g/mol. The quantitative estimate of drug-likeness (QED) is 0.777. The molecule has 2 aromatic heterocycles. The summed E-state index contributed by atoms with van der Waals surface area (Å²) in [5, 5.41) is 3.92. The molecule has 0 aliphatic carbocycles. The summed E-state index contributed by atoms with van der Waals surface area (Å²) < 4.78 is 5.16. The Bertz CT molecular complexity index is 412. The first-order valence-corrected chi connectivity index (χ1v) is 6.19. The van der Waals surface area contributed by atoms with Crippen LogP contribution in [0.5, 0.6) is 0 Å². The van der Waals surface area contributed by atoms with Crippen LogP contribution in [0.25, 0.3) is 10.7 Å². The van der Waals surface area contributed by atoms with Gasteiger partial charge in [-0.05, 0) is 19.4 Å². The summed E-state index contributed by atoms with van der Waals surface area (Å²) in [4.78, 5) is 9.23. The lowest BCUT2D eigenvalue weighted by Crippen LogP contribution is -1.98. The smallest absolute Gasteiger partial charge is 0.226 e. The van der Waals surface area contributed by atoms with Crippen LogP contribution in [0.4, 0.5) is 0 Å². The third kappa shape index (κ3) is 2.86. The Morgan fingerprint density at radius 1 is 1.31 bits per heavy atom. The third-order valence-corrected chi connectivity index (χ3v) is 2.98. The van der Waals surface area contributed by atoms with E-state index in [4.69, 9.17) is 10.3 Å². The van der Waals surface area contributed by atoms with Crippen molar-refractivity contribution in [3.8, 4) is 10.7 Å². The molecule has 0 aromatic carbocycles. The molecule has 86 valence electrons. The second kappa shape index (κ2) is 5.72. The highest BCUT2D eigenvalue weighted by Gasteiger charge is 2.09. The molecule has 2 heterocycles. The molecule has 0 radical (unpaired) electrons. The van der Waals surface area contributed by atoms with Crippen molar-refractivity contribution in [2.45, 2.75) is 25.7 Å². The molecular formula is C10H14N4OS. The van der Waals surface area contributed by atoms with E-state index in [2.05, 4.69) is 15.1 Å². The Morgan fingerprint density at radius 2 is 2.25 bits per heavy atom. The molecule has 2 N–H and O–H groups in total. The van der Waals surface area contributed by atoms with Gasteiger partial charge in [0.15, 0.2) is 0 Å². The number of unbranched alkanes of at least 4 members (excludes halogenated alkanes) is 2. The zero-order chi connectivity index (χ0) is 11.2. The number of nitrogens with two attached hydrogens (primary N) is 1. The number of aryl methyl sites for hydroxylation is 1. The summed E-state index contributed by atoms with van der Waals surface area (Å²) >= 11 is 1.51. The fraction of sp³-hybridized carbons (Fsp3) is 0.500. The fourth-order valence-electron chi connectivity index (χ4n) is 1.38. The van der Waals surface area contributed by atoms with Crippen LogP contribution < -0.4 is 5.73 Å². The second-order valence-electron chi connectivity index (χ2n) is 3.48. The minimum absolute atomic E-state index is 0.635. The first kappa shape index (κ1) is 11.2. The topological polar surface area (TPSA) is 77.8 Å². The van der Waals surface area contributed by atoms with Gasteiger partial charge in [0.2, 0.25) is 11.7 Å². The number of aromatic nitrogens is 3. The van der Waals surface area contributed by atoms with E-state index >= 15 is 0 Å². The molecule has 0 unspecified atom stereocenters. The molecule has 0 aliphatic heterocycles. The average molecular weight is 238 g/mol. The van der Waals surface area contributed by atoms with E-state index in [1.807, 2.05) is 0 Å². The predicted octanol–water partition coefficient (Wildman–Crippen LogP) is 1.86. The van der Waals surface area contributed by atoms with Crippen molar-refractivity contribution in [3.05, 3.63) is 17.6 Å². The summed E-state index contributed by atoms with van der Waals surface area (Å²) in [7, 11) is 0. The van der Waals surface area contributed by atoms with Crippen LogP contribution in [-0.4, -0.2) is 21.7 Å².